The number of thioether (sulfide) groups is 1. The molecule has 0 saturated carbocycles. The average molecular weight is 411 g/mol. The van der Waals surface area contributed by atoms with E-state index in [2.05, 4.69) is 17.2 Å². The molecule has 0 fully saturated rings. The third-order valence-corrected chi connectivity index (χ3v) is 6.47. The topological polar surface area (TPSA) is 32.7 Å². The summed E-state index contributed by atoms with van der Waals surface area (Å²) >= 11 is 3.20. The molecule has 0 N–H and O–H groups in total. The van der Waals surface area contributed by atoms with E-state index in [4.69, 9.17) is 0 Å². The Balaban J connectivity index is 1.49. The molecule has 0 unspecified atom stereocenters. The number of amides is 1. The van der Waals surface area contributed by atoms with Crippen molar-refractivity contribution in [1.82, 2.24) is 5.01 Å². The Morgan fingerprint density at radius 3 is 2.61 bits per heavy atom. The normalized spacial score (nSPS) is 16.2. The molecule has 28 heavy (non-hydrogen) atoms. The molecule has 4 rings (SSSR count). The molecule has 1 atom stereocenters. The van der Waals surface area contributed by atoms with Crippen molar-refractivity contribution < 1.29 is 9.18 Å². The van der Waals surface area contributed by atoms with Crippen molar-refractivity contribution in [1.29, 1.82) is 0 Å². The Kier molecular flexibility index (Phi) is 5.88. The maximum atomic E-state index is 13.3. The molecule has 0 spiro atoms. The molecule has 1 aromatic heterocycles. The number of rotatable bonds is 6. The molecule has 142 valence electrons. The van der Waals surface area contributed by atoms with Crippen LogP contribution >= 0.6 is 23.1 Å². The van der Waals surface area contributed by atoms with Crippen molar-refractivity contribution >= 4 is 34.7 Å². The van der Waals surface area contributed by atoms with Crippen LogP contribution in [0.3, 0.4) is 0 Å². The number of hydrogen-bond acceptors (Lipinski definition) is 4. The average Bonchev–Trinajstić information content (AvgIpc) is 3.39. The van der Waals surface area contributed by atoms with Gasteiger partial charge in [-0.1, -0.05) is 48.5 Å². The van der Waals surface area contributed by atoms with Gasteiger partial charge in [-0.25, -0.2) is 9.40 Å². The number of carbonyl (C=O) groups excluding carboxylic acids is 1. The zero-order valence-electron chi connectivity index (χ0n) is 15.1. The lowest BCUT2D eigenvalue weighted by Crippen LogP contribution is -2.28. The Morgan fingerprint density at radius 2 is 1.89 bits per heavy atom. The molecule has 2 aromatic carbocycles. The third-order valence-electron chi connectivity index (χ3n) is 4.56. The molecule has 3 aromatic rings. The minimum absolute atomic E-state index is 0.0261. The molecule has 3 nitrogen and oxygen atoms in total. The minimum Gasteiger partial charge on any atom is -0.272 e. The first-order valence-electron chi connectivity index (χ1n) is 9.01. The van der Waals surface area contributed by atoms with Gasteiger partial charge in [0.15, 0.2) is 0 Å². The van der Waals surface area contributed by atoms with Crippen molar-refractivity contribution in [2.24, 2.45) is 5.10 Å². The summed E-state index contributed by atoms with van der Waals surface area (Å²) < 4.78 is 13.3. The van der Waals surface area contributed by atoms with Crippen molar-refractivity contribution in [3.05, 3.63) is 93.9 Å². The number of hydrogen-bond donors (Lipinski definition) is 0. The number of nitrogens with zero attached hydrogens (tertiary/aromatic N) is 2. The highest BCUT2D eigenvalue weighted by molar-refractivity contribution is 7.99. The lowest BCUT2D eigenvalue weighted by atomic mass is 10.0. The van der Waals surface area contributed by atoms with Gasteiger partial charge in [0.2, 0.25) is 0 Å². The summed E-state index contributed by atoms with van der Waals surface area (Å²) in [7, 11) is 0. The third kappa shape index (κ3) is 4.34. The van der Waals surface area contributed by atoms with E-state index in [1.54, 1.807) is 40.2 Å². The highest BCUT2D eigenvalue weighted by Gasteiger charge is 2.33. The first-order valence-corrected chi connectivity index (χ1v) is 11.0. The Bertz CT molecular complexity index is 956. The van der Waals surface area contributed by atoms with Gasteiger partial charge in [-0.15, -0.1) is 23.1 Å². The molecule has 1 amide bonds. The summed E-state index contributed by atoms with van der Waals surface area (Å²) in [5.74, 6) is 0.830. The van der Waals surface area contributed by atoms with Gasteiger partial charge >= 0.3 is 0 Å². The smallest absolute Gasteiger partial charge is 0.253 e. The SMILES string of the molecule is O=C(CSCc1ccccc1)N1N=C(c2cccs2)C[C@@H]1c1ccc(F)cc1. The van der Waals surface area contributed by atoms with Crippen LogP contribution in [0.2, 0.25) is 0 Å². The van der Waals surface area contributed by atoms with Gasteiger partial charge in [0, 0.05) is 12.2 Å². The van der Waals surface area contributed by atoms with E-state index in [9.17, 15) is 9.18 Å². The maximum absolute atomic E-state index is 13.3. The molecule has 0 bridgehead atoms. The fourth-order valence-electron chi connectivity index (χ4n) is 3.17. The van der Waals surface area contributed by atoms with Gasteiger partial charge in [-0.3, -0.25) is 4.79 Å². The minimum atomic E-state index is -0.280. The second-order valence-corrected chi connectivity index (χ2v) is 8.45. The zero-order valence-corrected chi connectivity index (χ0v) is 16.8. The van der Waals surface area contributed by atoms with Crippen LogP contribution in [0, 0.1) is 5.82 Å². The van der Waals surface area contributed by atoms with E-state index < -0.39 is 0 Å². The lowest BCUT2D eigenvalue weighted by molar-refractivity contribution is -0.130. The fourth-order valence-corrected chi connectivity index (χ4v) is 4.73. The van der Waals surface area contributed by atoms with Gasteiger partial charge in [0.25, 0.3) is 5.91 Å². The second kappa shape index (κ2) is 8.71. The number of benzene rings is 2. The van der Waals surface area contributed by atoms with Crippen LogP contribution in [0.5, 0.6) is 0 Å². The van der Waals surface area contributed by atoms with Gasteiger partial charge in [0.05, 0.1) is 22.4 Å². The monoisotopic (exact) mass is 410 g/mol. The number of carbonyl (C=O) groups is 1. The quantitative estimate of drug-likeness (QED) is 0.538. The summed E-state index contributed by atoms with van der Waals surface area (Å²) in [6.07, 6.45) is 0.640. The Labute approximate surface area is 171 Å². The Hall–Kier alpha value is -2.44. The predicted octanol–water partition coefficient (Wildman–Crippen LogP) is 5.50. The molecule has 0 radical (unpaired) electrons. The zero-order chi connectivity index (χ0) is 19.3. The van der Waals surface area contributed by atoms with E-state index in [1.165, 1.54) is 17.7 Å². The van der Waals surface area contributed by atoms with E-state index in [-0.39, 0.29) is 17.8 Å². The van der Waals surface area contributed by atoms with Crippen LogP contribution in [0.1, 0.15) is 28.5 Å². The summed E-state index contributed by atoms with van der Waals surface area (Å²) in [6, 6.07) is 20.3. The summed E-state index contributed by atoms with van der Waals surface area (Å²) in [4.78, 5) is 14.0. The molecular formula is C22H19FN2OS2. The molecule has 6 heteroatoms. The van der Waals surface area contributed by atoms with Crippen molar-refractivity contribution in [3.63, 3.8) is 0 Å². The molecule has 0 aliphatic carbocycles. The maximum Gasteiger partial charge on any atom is 0.253 e. The van der Waals surface area contributed by atoms with Crippen LogP contribution in [-0.4, -0.2) is 22.4 Å². The summed E-state index contributed by atoms with van der Waals surface area (Å²) in [5, 5.41) is 8.23. The van der Waals surface area contributed by atoms with Gasteiger partial charge in [-0.05, 0) is 34.7 Å². The van der Waals surface area contributed by atoms with Crippen molar-refractivity contribution in [2.45, 2.75) is 18.2 Å². The van der Waals surface area contributed by atoms with E-state index in [0.717, 1.165) is 21.9 Å². The van der Waals surface area contributed by atoms with Gasteiger partial charge in [-0.2, -0.15) is 5.10 Å². The van der Waals surface area contributed by atoms with E-state index in [0.29, 0.717) is 12.2 Å². The first-order chi connectivity index (χ1) is 13.7. The van der Waals surface area contributed by atoms with Crippen molar-refractivity contribution in [3.8, 4) is 0 Å². The second-order valence-electron chi connectivity index (χ2n) is 6.51. The van der Waals surface area contributed by atoms with Gasteiger partial charge in [0.1, 0.15) is 5.82 Å². The van der Waals surface area contributed by atoms with Crippen LogP contribution in [0.25, 0.3) is 0 Å². The van der Waals surface area contributed by atoms with Crippen LogP contribution in [0.15, 0.2) is 77.2 Å². The summed E-state index contributed by atoms with van der Waals surface area (Å²) in [5.41, 5.74) is 3.00. The van der Waals surface area contributed by atoms with E-state index >= 15 is 0 Å². The molecule has 1 aliphatic rings. The van der Waals surface area contributed by atoms with E-state index in [1.807, 2.05) is 35.7 Å². The highest BCUT2D eigenvalue weighted by Crippen LogP contribution is 2.34. The van der Waals surface area contributed by atoms with Crippen LogP contribution in [-0.2, 0) is 10.5 Å². The number of thiophene rings is 1. The van der Waals surface area contributed by atoms with Crippen LogP contribution < -0.4 is 0 Å². The largest absolute Gasteiger partial charge is 0.272 e. The highest BCUT2D eigenvalue weighted by atomic mass is 32.2. The fraction of sp³-hybridized carbons (Fsp3) is 0.182. The molecule has 2 heterocycles. The number of halogens is 1. The van der Waals surface area contributed by atoms with Crippen LogP contribution in [0.4, 0.5) is 4.39 Å². The molecule has 1 aliphatic heterocycles. The van der Waals surface area contributed by atoms with Crippen molar-refractivity contribution in [2.75, 3.05) is 5.75 Å². The lowest BCUT2D eigenvalue weighted by Gasteiger charge is -2.22. The first kappa shape index (κ1) is 18.9. The van der Waals surface area contributed by atoms with Gasteiger partial charge < -0.3 is 0 Å². The predicted molar refractivity (Wildman–Crippen MR) is 114 cm³/mol. The molecular weight excluding hydrogens is 391 g/mol. The standard InChI is InChI=1S/C22H19FN2OS2/c23-18-10-8-17(9-11-18)20-13-19(21-7-4-12-28-21)24-25(20)22(26)15-27-14-16-5-2-1-3-6-16/h1-12,20H,13-15H2/t20-/m1/s1. The number of hydrazone groups is 1. The summed E-state index contributed by atoms with van der Waals surface area (Å²) in [6.45, 7) is 0. The molecule has 0 saturated heterocycles. The Morgan fingerprint density at radius 1 is 1.11 bits per heavy atom.